The molecule has 0 spiro atoms. The summed E-state index contributed by atoms with van der Waals surface area (Å²) in [6.07, 6.45) is 12.9. The zero-order chi connectivity index (χ0) is 20.1. The van der Waals surface area contributed by atoms with E-state index < -0.39 is 0 Å². The molecule has 1 aromatic heterocycles. The van der Waals surface area contributed by atoms with E-state index in [0.717, 1.165) is 37.2 Å². The highest BCUT2D eigenvalue weighted by Crippen LogP contribution is 2.16. The van der Waals surface area contributed by atoms with Gasteiger partial charge >= 0.3 is 0 Å². The Balaban J connectivity index is 2.31. The molecule has 150 valence electrons. The molecular formula is C21H34N4OS. The third kappa shape index (κ3) is 11.5. The van der Waals surface area contributed by atoms with Crippen LogP contribution in [-0.4, -0.2) is 32.6 Å². The van der Waals surface area contributed by atoms with Gasteiger partial charge in [0.15, 0.2) is 0 Å². The molecule has 1 amide bonds. The number of amides is 1. The van der Waals surface area contributed by atoms with Crippen LogP contribution in [0.25, 0.3) is 0 Å². The molecule has 1 aromatic rings. The first-order valence-corrected chi connectivity index (χ1v) is 10.7. The van der Waals surface area contributed by atoms with Gasteiger partial charge in [-0.25, -0.2) is 4.98 Å². The summed E-state index contributed by atoms with van der Waals surface area (Å²) in [4.78, 5) is 15.5. The summed E-state index contributed by atoms with van der Waals surface area (Å²) in [6.45, 7) is 10.2. The Labute approximate surface area is 168 Å². The number of hydrogen-bond acceptors (Lipinski definition) is 4. The fourth-order valence-electron chi connectivity index (χ4n) is 2.54. The highest BCUT2D eigenvalue weighted by molar-refractivity contribution is 7.99. The van der Waals surface area contributed by atoms with Gasteiger partial charge in [-0.2, -0.15) is 16.9 Å². The van der Waals surface area contributed by atoms with Crippen molar-refractivity contribution in [3.63, 3.8) is 0 Å². The van der Waals surface area contributed by atoms with Crippen LogP contribution in [0.15, 0.2) is 41.3 Å². The molecule has 27 heavy (non-hydrogen) atoms. The van der Waals surface area contributed by atoms with Crippen LogP contribution in [0.3, 0.4) is 0 Å². The van der Waals surface area contributed by atoms with Crippen LogP contribution in [0.5, 0.6) is 0 Å². The molecule has 1 unspecified atom stereocenters. The van der Waals surface area contributed by atoms with E-state index in [1.54, 1.807) is 11.8 Å². The van der Waals surface area contributed by atoms with Gasteiger partial charge in [0.25, 0.3) is 0 Å². The number of rotatable bonds is 12. The number of carbonyl (C=O) groups excluding carboxylic acids is 1. The number of thioether (sulfide) groups is 1. The first-order chi connectivity index (χ1) is 12.9. The van der Waals surface area contributed by atoms with Crippen molar-refractivity contribution in [2.75, 3.05) is 11.5 Å². The quantitative estimate of drug-likeness (QED) is 0.383. The van der Waals surface area contributed by atoms with Crippen LogP contribution in [0, 0.1) is 0 Å². The molecule has 0 aromatic carbocycles. The standard InChI is InChI=1S/C21H34N4OS/c1-16(2)8-6-9-17(3)10-7-11-18(4)12-13-27-14-20(24-19(5)26)21-22-15-23-25-21/h8,10,12,15,20H,6-7,9,11,13-14H2,1-5H3,(H,24,26)(H,22,23,25)/b17-10+,18-12+. The molecular weight excluding hydrogens is 356 g/mol. The van der Waals surface area contributed by atoms with E-state index in [4.69, 9.17) is 0 Å². The van der Waals surface area contributed by atoms with E-state index in [2.05, 4.69) is 66.4 Å². The normalized spacial score (nSPS) is 13.4. The summed E-state index contributed by atoms with van der Waals surface area (Å²) >= 11 is 1.78. The third-order valence-corrected chi connectivity index (χ3v) is 5.07. The molecule has 0 aliphatic rings. The molecule has 0 saturated heterocycles. The minimum atomic E-state index is -0.130. The van der Waals surface area contributed by atoms with Crippen molar-refractivity contribution < 1.29 is 4.79 Å². The van der Waals surface area contributed by atoms with Gasteiger partial charge in [-0.15, -0.1) is 0 Å². The second-order valence-electron chi connectivity index (χ2n) is 7.12. The van der Waals surface area contributed by atoms with Gasteiger partial charge in [0, 0.05) is 18.4 Å². The molecule has 0 saturated carbocycles. The van der Waals surface area contributed by atoms with Crippen LogP contribution in [0.2, 0.25) is 0 Å². The lowest BCUT2D eigenvalue weighted by Gasteiger charge is -2.14. The Morgan fingerprint density at radius 2 is 1.78 bits per heavy atom. The fourth-order valence-corrected chi connectivity index (χ4v) is 3.56. The SMILES string of the molecule is CC(=O)NC(CSC/C=C(\C)CC/C=C(\C)CCC=C(C)C)c1ncn[nH]1. The number of nitrogens with one attached hydrogen (secondary N) is 2. The smallest absolute Gasteiger partial charge is 0.217 e. The molecule has 0 fully saturated rings. The Bertz CT molecular complexity index is 643. The molecule has 1 atom stereocenters. The summed E-state index contributed by atoms with van der Waals surface area (Å²) in [5.41, 5.74) is 4.27. The Kier molecular flexibility index (Phi) is 11.5. The number of nitrogens with zero attached hydrogens (tertiary/aromatic N) is 2. The summed E-state index contributed by atoms with van der Waals surface area (Å²) in [5.74, 6) is 2.34. The number of aromatic nitrogens is 3. The van der Waals surface area contributed by atoms with E-state index in [1.165, 1.54) is 30.0 Å². The monoisotopic (exact) mass is 390 g/mol. The molecule has 0 aliphatic carbocycles. The Morgan fingerprint density at radius 3 is 2.37 bits per heavy atom. The van der Waals surface area contributed by atoms with Gasteiger partial charge in [-0.1, -0.05) is 34.9 Å². The molecule has 0 aliphatic heterocycles. The first-order valence-electron chi connectivity index (χ1n) is 9.53. The van der Waals surface area contributed by atoms with Crippen LogP contribution >= 0.6 is 11.8 Å². The summed E-state index contributed by atoms with van der Waals surface area (Å²) < 4.78 is 0. The summed E-state index contributed by atoms with van der Waals surface area (Å²) in [5, 5.41) is 9.62. The molecule has 6 heteroatoms. The molecule has 0 bridgehead atoms. The number of hydrogen-bond donors (Lipinski definition) is 2. The molecule has 2 N–H and O–H groups in total. The topological polar surface area (TPSA) is 70.7 Å². The number of carbonyl (C=O) groups is 1. The highest BCUT2D eigenvalue weighted by Gasteiger charge is 2.15. The van der Waals surface area contributed by atoms with E-state index in [-0.39, 0.29) is 11.9 Å². The zero-order valence-electron chi connectivity index (χ0n) is 17.3. The minimum Gasteiger partial charge on any atom is -0.345 e. The van der Waals surface area contributed by atoms with Crippen LogP contribution < -0.4 is 5.32 Å². The van der Waals surface area contributed by atoms with Gasteiger partial charge in [0.2, 0.25) is 5.91 Å². The Morgan fingerprint density at radius 1 is 1.11 bits per heavy atom. The lowest BCUT2D eigenvalue weighted by molar-refractivity contribution is -0.119. The van der Waals surface area contributed by atoms with Crippen molar-refractivity contribution in [3.8, 4) is 0 Å². The first kappa shape index (κ1) is 23.2. The predicted molar refractivity (Wildman–Crippen MR) is 116 cm³/mol. The maximum Gasteiger partial charge on any atom is 0.217 e. The molecule has 1 heterocycles. The van der Waals surface area contributed by atoms with Crippen molar-refractivity contribution in [2.45, 2.75) is 66.3 Å². The van der Waals surface area contributed by atoms with Gasteiger partial charge in [0.1, 0.15) is 12.2 Å². The minimum absolute atomic E-state index is 0.0598. The third-order valence-electron chi connectivity index (χ3n) is 4.10. The maximum atomic E-state index is 11.4. The van der Waals surface area contributed by atoms with E-state index >= 15 is 0 Å². The largest absolute Gasteiger partial charge is 0.345 e. The number of allylic oxidation sites excluding steroid dienone is 5. The number of aromatic amines is 1. The van der Waals surface area contributed by atoms with Crippen LogP contribution in [0.4, 0.5) is 0 Å². The van der Waals surface area contributed by atoms with Crippen LogP contribution in [0.1, 0.15) is 72.2 Å². The molecule has 5 nitrogen and oxygen atoms in total. The van der Waals surface area contributed by atoms with E-state index in [1.807, 2.05) is 0 Å². The lowest BCUT2D eigenvalue weighted by Crippen LogP contribution is -2.28. The highest BCUT2D eigenvalue weighted by atomic mass is 32.2. The van der Waals surface area contributed by atoms with Crippen molar-refractivity contribution >= 4 is 17.7 Å². The van der Waals surface area contributed by atoms with Gasteiger partial charge in [-0.05, 0) is 53.4 Å². The lowest BCUT2D eigenvalue weighted by atomic mass is 10.1. The maximum absolute atomic E-state index is 11.4. The summed E-state index contributed by atoms with van der Waals surface area (Å²) in [6, 6.07) is -0.130. The molecule has 0 radical (unpaired) electrons. The average molecular weight is 391 g/mol. The van der Waals surface area contributed by atoms with Crippen molar-refractivity contribution in [3.05, 3.63) is 47.1 Å². The number of H-pyrrole nitrogens is 1. The second-order valence-corrected chi connectivity index (χ2v) is 8.20. The average Bonchev–Trinajstić information content (AvgIpc) is 3.11. The van der Waals surface area contributed by atoms with Gasteiger partial charge in [0.05, 0.1) is 6.04 Å². The van der Waals surface area contributed by atoms with Crippen molar-refractivity contribution in [2.24, 2.45) is 0 Å². The van der Waals surface area contributed by atoms with Gasteiger partial charge < -0.3 is 5.32 Å². The van der Waals surface area contributed by atoms with Crippen LogP contribution in [-0.2, 0) is 4.79 Å². The van der Waals surface area contributed by atoms with Crippen molar-refractivity contribution in [1.29, 1.82) is 0 Å². The van der Waals surface area contributed by atoms with E-state index in [0.29, 0.717) is 5.82 Å². The van der Waals surface area contributed by atoms with E-state index in [9.17, 15) is 4.79 Å². The van der Waals surface area contributed by atoms with Crippen molar-refractivity contribution in [1.82, 2.24) is 20.5 Å². The summed E-state index contributed by atoms with van der Waals surface area (Å²) in [7, 11) is 0. The molecule has 1 rings (SSSR count). The fraction of sp³-hybridized carbons (Fsp3) is 0.571. The van der Waals surface area contributed by atoms with Gasteiger partial charge in [-0.3, -0.25) is 9.89 Å². The Hall–Kier alpha value is -1.82. The second kappa shape index (κ2) is 13.4. The predicted octanol–water partition coefficient (Wildman–Crippen LogP) is 5.13. The zero-order valence-corrected chi connectivity index (χ0v) is 18.2.